The Morgan fingerprint density at radius 1 is 1.14 bits per heavy atom. The van der Waals surface area contributed by atoms with Crippen molar-refractivity contribution in [2.24, 2.45) is 0 Å². The molecular formula is C17H20N2O2. The minimum atomic E-state index is -0.0983. The quantitative estimate of drug-likeness (QED) is 0.800. The summed E-state index contributed by atoms with van der Waals surface area (Å²) in [4.78, 5) is 12.1. The number of amides is 1. The van der Waals surface area contributed by atoms with E-state index in [1.54, 1.807) is 19.2 Å². The summed E-state index contributed by atoms with van der Waals surface area (Å²) in [7, 11) is 1.68. The van der Waals surface area contributed by atoms with Gasteiger partial charge in [0.05, 0.1) is 6.61 Å². The van der Waals surface area contributed by atoms with E-state index >= 15 is 0 Å². The molecule has 0 aliphatic rings. The summed E-state index contributed by atoms with van der Waals surface area (Å²) in [5, 5.41) is 6.19. The van der Waals surface area contributed by atoms with Crippen LogP contribution in [0.3, 0.4) is 0 Å². The molecule has 2 aromatic carbocycles. The molecule has 0 aliphatic heterocycles. The van der Waals surface area contributed by atoms with E-state index in [2.05, 4.69) is 10.6 Å². The fourth-order valence-corrected chi connectivity index (χ4v) is 2.00. The maximum Gasteiger partial charge on any atom is 0.255 e. The number of methoxy groups -OCH3 is 1. The van der Waals surface area contributed by atoms with E-state index in [0.29, 0.717) is 12.2 Å². The predicted octanol–water partition coefficient (Wildman–Crippen LogP) is 3.31. The number of rotatable bonds is 6. The third kappa shape index (κ3) is 4.33. The van der Waals surface area contributed by atoms with E-state index in [4.69, 9.17) is 4.74 Å². The Morgan fingerprint density at radius 3 is 2.57 bits per heavy atom. The lowest BCUT2D eigenvalue weighted by molar-refractivity contribution is 0.102. The minimum absolute atomic E-state index is 0.0983. The Morgan fingerprint density at radius 2 is 1.90 bits per heavy atom. The van der Waals surface area contributed by atoms with Gasteiger partial charge in [0, 0.05) is 30.6 Å². The molecule has 0 heterocycles. The summed E-state index contributed by atoms with van der Waals surface area (Å²) in [6.07, 6.45) is 0. The molecule has 21 heavy (non-hydrogen) atoms. The average molecular weight is 284 g/mol. The van der Waals surface area contributed by atoms with Crippen LogP contribution in [-0.4, -0.2) is 26.2 Å². The summed E-state index contributed by atoms with van der Waals surface area (Å²) in [6, 6.07) is 15.1. The van der Waals surface area contributed by atoms with Gasteiger partial charge in [0.1, 0.15) is 0 Å². The second kappa shape index (κ2) is 7.45. The van der Waals surface area contributed by atoms with Crippen LogP contribution < -0.4 is 10.6 Å². The highest BCUT2D eigenvalue weighted by Crippen LogP contribution is 2.20. The lowest BCUT2D eigenvalue weighted by Crippen LogP contribution is -2.13. The molecule has 1 amide bonds. The highest BCUT2D eigenvalue weighted by molar-refractivity contribution is 6.04. The lowest BCUT2D eigenvalue weighted by atomic mass is 10.1. The molecular weight excluding hydrogens is 264 g/mol. The van der Waals surface area contributed by atoms with Gasteiger partial charge < -0.3 is 15.4 Å². The van der Waals surface area contributed by atoms with Crippen molar-refractivity contribution in [3.63, 3.8) is 0 Å². The van der Waals surface area contributed by atoms with E-state index in [9.17, 15) is 4.79 Å². The number of carbonyl (C=O) groups excluding carboxylic acids is 1. The summed E-state index contributed by atoms with van der Waals surface area (Å²) < 4.78 is 5.00. The molecule has 110 valence electrons. The number of nitrogens with one attached hydrogen (secondary N) is 2. The standard InChI is InChI=1S/C17H20N2O2/c1-13-12-15(18-10-11-21-2)8-9-16(13)19-17(20)14-6-4-3-5-7-14/h3-9,12,18H,10-11H2,1-2H3,(H,19,20). The fraction of sp³-hybridized carbons (Fsp3) is 0.235. The van der Waals surface area contributed by atoms with E-state index in [0.717, 1.165) is 23.5 Å². The molecule has 4 nitrogen and oxygen atoms in total. The van der Waals surface area contributed by atoms with Crippen LogP contribution in [0.2, 0.25) is 0 Å². The van der Waals surface area contributed by atoms with Crippen molar-refractivity contribution in [2.75, 3.05) is 30.9 Å². The highest BCUT2D eigenvalue weighted by Gasteiger charge is 2.07. The third-order valence-corrected chi connectivity index (χ3v) is 3.15. The largest absolute Gasteiger partial charge is 0.383 e. The van der Waals surface area contributed by atoms with Crippen LogP contribution in [0.1, 0.15) is 15.9 Å². The van der Waals surface area contributed by atoms with Crippen molar-refractivity contribution < 1.29 is 9.53 Å². The van der Waals surface area contributed by atoms with Crippen molar-refractivity contribution in [3.05, 3.63) is 59.7 Å². The molecule has 0 atom stereocenters. The van der Waals surface area contributed by atoms with Crippen LogP contribution >= 0.6 is 0 Å². The minimum Gasteiger partial charge on any atom is -0.383 e. The van der Waals surface area contributed by atoms with Gasteiger partial charge in [-0.15, -0.1) is 0 Å². The number of benzene rings is 2. The monoisotopic (exact) mass is 284 g/mol. The Bertz CT molecular complexity index is 597. The molecule has 0 aliphatic carbocycles. The van der Waals surface area contributed by atoms with Crippen LogP contribution in [0, 0.1) is 6.92 Å². The smallest absolute Gasteiger partial charge is 0.255 e. The topological polar surface area (TPSA) is 50.4 Å². The van der Waals surface area contributed by atoms with Gasteiger partial charge >= 0.3 is 0 Å². The Balaban J connectivity index is 2.02. The Labute approximate surface area is 125 Å². The normalized spacial score (nSPS) is 10.2. The van der Waals surface area contributed by atoms with Crippen molar-refractivity contribution in [1.82, 2.24) is 0 Å². The van der Waals surface area contributed by atoms with Crippen LogP contribution in [0.25, 0.3) is 0 Å². The summed E-state index contributed by atoms with van der Waals surface area (Å²) in [5.74, 6) is -0.0983. The van der Waals surface area contributed by atoms with Crippen molar-refractivity contribution in [2.45, 2.75) is 6.92 Å². The summed E-state index contributed by atoms with van der Waals surface area (Å²) >= 11 is 0. The molecule has 0 radical (unpaired) electrons. The van der Waals surface area contributed by atoms with E-state index in [1.165, 1.54) is 0 Å². The van der Waals surface area contributed by atoms with Gasteiger partial charge in [-0.25, -0.2) is 0 Å². The molecule has 0 unspecified atom stereocenters. The van der Waals surface area contributed by atoms with Crippen LogP contribution in [-0.2, 0) is 4.74 Å². The molecule has 0 aromatic heterocycles. The number of aryl methyl sites for hydroxylation is 1. The second-order valence-corrected chi connectivity index (χ2v) is 4.77. The number of ether oxygens (including phenoxy) is 1. The number of anilines is 2. The zero-order chi connectivity index (χ0) is 15.1. The van der Waals surface area contributed by atoms with Gasteiger partial charge in [-0.2, -0.15) is 0 Å². The SMILES string of the molecule is COCCNc1ccc(NC(=O)c2ccccc2)c(C)c1. The van der Waals surface area contributed by atoms with Crippen molar-refractivity contribution in [3.8, 4) is 0 Å². The van der Waals surface area contributed by atoms with Crippen molar-refractivity contribution >= 4 is 17.3 Å². The molecule has 2 N–H and O–H groups in total. The molecule has 0 spiro atoms. The first-order valence-electron chi connectivity index (χ1n) is 6.90. The molecule has 4 heteroatoms. The first kappa shape index (κ1) is 15.1. The second-order valence-electron chi connectivity index (χ2n) is 4.77. The molecule has 0 saturated heterocycles. The fourth-order valence-electron chi connectivity index (χ4n) is 2.00. The Kier molecular flexibility index (Phi) is 5.35. The summed E-state index contributed by atoms with van der Waals surface area (Å²) in [5.41, 5.74) is 3.50. The van der Waals surface area contributed by atoms with Crippen LogP contribution in [0.5, 0.6) is 0 Å². The molecule has 0 bridgehead atoms. The third-order valence-electron chi connectivity index (χ3n) is 3.15. The van der Waals surface area contributed by atoms with E-state index < -0.39 is 0 Å². The number of carbonyl (C=O) groups is 1. The molecule has 0 fully saturated rings. The summed E-state index contributed by atoms with van der Waals surface area (Å²) in [6.45, 7) is 3.39. The number of hydrogen-bond acceptors (Lipinski definition) is 3. The lowest BCUT2D eigenvalue weighted by Gasteiger charge is -2.11. The van der Waals surface area contributed by atoms with E-state index in [1.807, 2.05) is 43.3 Å². The zero-order valence-corrected chi connectivity index (χ0v) is 12.3. The van der Waals surface area contributed by atoms with Gasteiger partial charge in [-0.3, -0.25) is 4.79 Å². The first-order chi connectivity index (χ1) is 10.2. The van der Waals surface area contributed by atoms with Crippen LogP contribution in [0.4, 0.5) is 11.4 Å². The zero-order valence-electron chi connectivity index (χ0n) is 12.3. The highest BCUT2D eigenvalue weighted by atomic mass is 16.5. The van der Waals surface area contributed by atoms with Gasteiger partial charge in [0.15, 0.2) is 0 Å². The van der Waals surface area contributed by atoms with Gasteiger partial charge in [0.2, 0.25) is 0 Å². The van der Waals surface area contributed by atoms with Crippen LogP contribution in [0.15, 0.2) is 48.5 Å². The molecule has 2 rings (SSSR count). The Hall–Kier alpha value is -2.33. The first-order valence-corrected chi connectivity index (χ1v) is 6.90. The van der Waals surface area contributed by atoms with Gasteiger partial charge in [-0.05, 0) is 42.8 Å². The maximum atomic E-state index is 12.1. The molecule has 2 aromatic rings. The van der Waals surface area contributed by atoms with Gasteiger partial charge in [-0.1, -0.05) is 18.2 Å². The van der Waals surface area contributed by atoms with E-state index in [-0.39, 0.29) is 5.91 Å². The number of hydrogen-bond donors (Lipinski definition) is 2. The van der Waals surface area contributed by atoms with Gasteiger partial charge in [0.25, 0.3) is 5.91 Å². The predicted molar refractivity (Wildman–Crippen MR) is 85.9 cm³/mol. The average Bonchev–Trinajstić information content (AvgIpc) is 2.51. The maximum absolute atomic E-state index is 12.1. The van der Waals surface area contributed by atoms with Crippen molar-refractivity contribution in [1.29, 1.82) is 0 Å². The molecule has 0 saturated carbocycles.